The van der Waals surface area contributed by atoms with Gasteiger partial charge >= 0.3 is 0 Å². The maximum atomic E-state index is 14.4. The lowest BCUT2D eigenvalue weighted by molar-refractivity contribution is 0.0916. The van der Waals surface area contributed by atoms with Crippen molar-refractivity contribution < 1.29 is 31.8 Å². The molecule has 0 spiro atoms. The Labute approximate surface area is 201 Å². The van der Waals surface area contributed by atoms with E-state index in [1.807, 2.05) is 0 Å². The largest absolute Gasteiger partial charge is 0.475 e. The van der Waals surface area contributed by atoms with Crippen LogP contribution in [0.2, 0.25) is 0 Å². The molecule has 190 valence electrons. The molecule has 1 aliphatic rings. The monoisotopic (exact) mass is 511 g/mol. The van der Waals surface area contributed by atoms with Gasteiger partial charge in [-0.15, -0.1) is 0 Å². The molecule has 10 nitrogen and oxygen atoms in total. The van der Waals surface area contributed by atoms with Crippen molar-refractivity contribution in [2.75, 3.05) is 23.4 Å². The highest BCUT2D eigenvalue weighted by Crippen LogP contribution is 2.28. The van der Waals surface area contributed by atoms with E-state index in [1.54, 1.807) is 6.92 Å². The smallest absolute Gasteiger partial charge is 0.253 e. The Kier molecular flexibility index (Phi) is 7.14. The number of hydrogen-bond donors (Lipinski definition) is 4. The number of carbonyl (C=O) groups is 1. The van der Waals surface area contributed by atoms with E-state index in [4.69, 9.17) is 10.1 Å². The SMILES string of the molecule is CC(F)COc1cc(Nc2ncc(C(=O)NC3(C)CS(=O)(=O)C3)cc2C(=N)C(C)(C)O)c(F)cn1. The zero-order chi connectivity index (χ0) is 26.2. The van der Waals surface area contributed by atoms with E-state index in [2.05, 4.69) is 20.6 Å². The summed E-state index contributed by atoms with van der Waals surface area (Å²) in [6.07, 6.45) is 0.785. The van der Waals surface area contributed by atoms with Crippen LogP contribution < -0.4 is 15.4 Å². The van der Waals surface area contributed by atoms with Crippen molar-refractivity contribution >= 4 is 33.0 Å². The molecule has 0 aliphatic carbocycles. The van der Waals surface area contributed by atoms with Crippen molar-refractivity contribution in [2.24, 2.45) is 0 Å². The number of aromatic nitrogens is 2. The first-order valence-electron chi connectivity index (χ1n) is 10.6. The minimum atomic E-state index is -3.20. The van der Waals surface area contributed by atoms with Crippen molar-refractivity contribution in [1.29, 1.82) is 5.41 Å². The molecule has 0 radical (unpaired) electrons. The standard InChI is InChI=1S/C22H27F2N5O5S/c1-12(23)9-34-17-6-16(15(24)8-26-17)28-19-14(18(25)21(2,3)31)5-13(7-27-19)20(30)29-22(4)10-35(32,33)11-22/h5-8,12,25,31H,9-11H2,1-4H3,(H,29,30)(H,26,27,28). The van der Waals surface area contributed by atoms with Gasteiger partial charge in [0.05, 0.1) is 40.2 Å². The van der Waals surface area contributed by atoms with Crippen molar-refractivity contribution in [3.8, 4) is 5.88 Å². The molecule has 1 atom stereocenters. The van der Waals surface area contributed by atoms with Crippen LogP contribution >= 0.6 is 0 Å². The number of ether oxygens (including phenoxy) is 1. The fourth-order valence-corrected chi connectivity index (χ4v) is 5.48. The topological polar surface area (TPSA) is 154 Å². The van der Waals surface area contributed by atoms with Crippen LogP contribution in [-0.4, -0.2) is 70.5 Å². The molecule has 2 aromatic rings. The van der Waals surface area contributed by atoms with Crippen LogP contribution in [0.3, 0.4) is 0 Å². The number of halogens is 2. The van der Waals surface area contributed by atoms with Crippen LogP contribution in [0.25, 0.3) is 0 Å². The van der Waals surface area contributed by atoms with Crippen LogP contribution in [0.1, 0.15) is 43.6 Å². The van der Waals surface area contributed by atoms with Gasteiger partial charge in [-0.25, -0.2) is 27.2 Å². The molecule has 35 heavy (non-hydrogen) atoms. The third-order valence-electron chi connectivity index (χ3n) is 5.07. The summed E-state index contributed by atoms with van der Waals surface area (Å²) in [4.78, 5) is 20.7. The second kappa shape index (κ2) is 9.46. The first kappa shape index (κ1) is 26.4. The molecule has 1 aliphatic heterocycles. The number of aliphatic hydroxyl groups is 1. The second-order valence-corrected chi connectivity index (χ2v) is 11.4. The summed E-state index contributed by atoms with van der Waals surface area (Å²) in [5.74, 6) is -1.87. The lowest BCUT2D eigenvalue weighted by atomic mass is 9.95. The first-order valence-corrected chi connectivity index (χ1v) is 12.4. The highest BCUT2D eigenvalue weighted by atomic mass is 32.2. The molecule has 0 saturated carbocycles. The predicted molar refractivity (Wildman–Crippen MR) is 125 cm³/mol. The van der Waals surface area contributed by atoms with Crippen LogP contribution in [0.5, 0.6) is 5.88 Å². The molecule has 3 rings (SSSR count). The molecule has 3 heterocycles. The summed E-state index contributed by atoms with van der Waals surface area (Å²) in [6.45, 7) is 5.34. The lowest BCUT2D eigenvalue weighted by Gasteiger charge is -2.38. The normalized spacial score (nSPS) is 17.1. The quantitative estimate of drug-likeness (QED) is 0.374. The minimum Gasteiger partial charge on any atom is -0.475 e. The molecule has 0 bridgehead atoms. The third kappa shape index (κ3) is 6.48. The Morgan fingerprint density at radius 3 is 2.54 bits per heavy atom. The van der Waals surface area contributed by atoms with E-state index in [1.165, 1.54) is 39.1 Å². The van der Waals surface area contributed by atoms with Gasteiger partial charge in [-0.2, -0.15) is 0 Å². The van der Waals surface area contributed by atoms with Gasteiger partial charge in [-0.1, -0.05) is 0 Å². The van der Waals surface area contributed by atoms with Crippen LogP contribution in [0.4, 0.5) is 20.3 Å². The fourth-order valence-electron chi connectivity index (χ4n) is 3.48. The number of sulfone groups is 1. The van der Waals surface area contributed by atoms with Gasteiger partial charge < -0.3 is 25.9 Å². The first-order chi connectivity index (χ1) is 16.1. The number of carbonyl (C=O) groups excluding carboxylic acids is 1. The zero-order valence-corrected chi connectivity index (χ0v) is 20.5. The van der Waals surface area contributed by atoms with E-state index in [-0.39, 0.29) is 52.3 Å². The van der Waals surface area contributed by atoms with E-state index < -0.39 is 38.9 Å². The van der Waals surface area contributed by atoms with Gasteiger partial charge in [-0.3, -0.25) is 4.79 Å². The van der Waals surface area contributed by atoms with E-state index >= 15 is 0 Å². The molecular formula is C22H27F2N5O5S. The van der Waals surface area contributed by atoms with Crippen LogP contribution in [0, 0.1) is 11.2 Å². The molecular weight excluding hydrogens is 484 g/mol. The van der Waals surface area contributed by atoms with Gasteiger partial charge in [0.15, 0.2) is 15.7 Å². The van der Waals surface area contributed by atoms with Crippen molar-refractivity contribution in [3.63, 3.8) is 0 Å². The molecule has 1 amide bonds. The Bertz CT molecular complexity index is 1250. The van der Waals surface area contributed by atoms with Gasteiger partial charge in [0.1, 0.15) is 24.2 Å². The Balaban J connectivity index is 1.93. The number of alkyl halides is 1. The number of nitrogens with one attached hydrogen (secondary N) is 3. The number of hydrogen-bond acceptors (Lipinski definition) is 9. The van der Waals surface area contributed by atoms with Crippen molar-refractivity contribution in [3.05, 3.63) is 41.5 Å². The summed E-state index contributed by atoms with van der Waals surface area (Å²) in [5.41, 5.74) is -2.98. The van der Waals surface area contributed by atoms with E-state index in [0.717, 1.165) is 6.20 Å². The summed E-state index contributed by atoms with van der Waals surface area (Å²) in [6, 6.07) is 2.48. The average Bonchev–Trinajstić information content (AvgIpc) is 2.71. The molecule has 13 heteroatoms. The molecule has 0 aromatic carbocycles. The molecule has 1 unspecified atom stereocenters. The highest BCUT2D eigenvalue weighted by molar-refractivity contribution is 7.93. The number of rotatable bonds is 9. The number of pyridine rings is 2. The van der Waals surface area contributed by atoms with Gasteiger partial charge in [0.2, 0.25) is 5.88 Å². The third-order valence-corrected chi connectivity index (χ3v) is 7.22. The maximum Gasteiger partial charge on any atom is 0.253 e. The lowest BCUT2D eigenvalue weighted by Crippen LogP contribution is -2.63. The van der Waals surface area contributed by atoms with Crippen molar-refractivity contribution in [2.45, 2.75) is 45.0 Å². The summed E-state index contributed by atoms with van der Waals surface area (Å²) < 4.78 is 55.7. The number of anilines is 2. The average molecular weight is 512 g/mol. The molecule has 4 N–H and O–H groups in total. The fraction of sp³-hybridized carbons (Fsp3) is 0.455. The Hall–Kier alpha value is -3.19. The predicted octanol–water partition coefficient (Wildman–Crippen LogP) is 2.15. The number of amides is 1. The van der Waals surface area contributed by atoms with Gasteiger partial charge in [0.25, 0.3) is 5.91 Å². The van der Waals surface area contributed by atoms with E-state index in [9.17, 15) is 27.1 Å². The maximum absolute atomic E-state index is 14.4. The highest BCUT2D eigenvalue weighted by Gasteiger charge is 2.45. The summed E-state index contributed by atoms with van der Waals surface area (Å²) >= 11 is 0. The van der Waals surface area contributed by atoms with Crippen LogP contribution in [0.15, 0.2) is 24.5 Å². The van der Waals surface area contributed by atoms with Gasteiger partial charge in [0, 0.05) is 17.8 Å². The van der Waals surface area contributed by atoms with Gasteiger partial charge in [-0.05, 0) is 33.8 Å². The molecule has 2 aromatic heterocycles. The van der Waals surface area contributed by atoms with E-state index in [0.29, 0.717) is 0 Å². The zero-order valence-electron chi connectivity index (χ0n) is 19.6. The van der Waals surface area contributed by atoms with Crippen LogP contribution in [-0.2, 0) is 9.84 Å². The van der Waals surface area contributed by atoms with Crippen molar-refractivity contribution in [1.82, 2.24) is 15.3 Å². The molecule has 1 saturated heterocycles. The second-order valence-electron chi connectivity index (χ2n) is 9.32. The number of nitrogens with zero attached hydrogens (tertiary/aromatic N) is 2. The molecule has 1 fully saturated rings. The summed E-state index contributed by atoms with van der Waals surface area (Å²) in [5, 5.41) is 24.1. The summed E-state index contributed by atoms with van der Waals surface area (Å²) in [7, 11) is -3.20. The Morgan fingerprint density at radius 2 is 1.97 bits per heavy atom. The Morgan fingerprint density at radius 1 is 1.31 bits per heavy atom. The minimum absolute atomic E-state index is 0.00703.